The molecule has 19 heavy (non-hydrogen) atoms. The summed E-state index contributed by atoms with van der Waals surface area (Å²) in [6.07, 6.45) is 5.05. The lowest BCUT2D eigenvalue weighted by Gasteiger charge is -2.24. The molecule has 0 saturated heterocycles. The van der Waals surface area contributed by atoms with Gasteiger partial charge in [-0.1, -0.05) is 30.3 Å². The van der Waals surface area contributed by atoms with Crippen molar-refractivity contribution in [2.75, 3.05) is 0 Å². The van der Waals surface area contributed by atoms with Gasteiger partial charge in [0, 0.05) is 18.3 Å². The number of hydrogen-bond acceptors (Lipinski definition) is 2. The highest BCUT2D eigenvalue weighted by atomic mass is 16.4. The van der Waals surface area contributed by atoms with Crippen molar-refractivity contribution >= 4 is 5.97 Å². The van der Waals surface area contributed by atoms with Gasteiger partial charge >= 0.3 is 5.97 Å². The number of carboxylic acid groups (broad SMARTS) is 1. The van der Waals surface area contributed by atoms with E-state index in [0.29, 0.717) is 12.8 Å². The van der Waals surface area contributed by atoms with Gasteiger partial charge < -0.3 is 9.67 Å². The first-order valence-corrected chi connectivity index (χ1v) is 6.57. The normalized spacial score (nSPS) is 18.0. The Morgan fingerprint density at radius 1 is 1.37 bits per heavy atom. The van der Waals surface area contributed by atoms with Gasteiger partial charge in [-0.15, -0.1) is 0 Å². The maximum Gasteiger partial charge on any atom is 0.326 e. The number of aromatic nitrogens is 2. The van der Waals surface area contributed by atoms with E-state index in [0.717, 1.165) is 29.9 Å². The summed E-state index contributed by atoms with van der Waals surface area (Å²) in [5.41, 5.74) is 2.20. The molecule has 1 N–H and O–H groups in total. The second-order valence-electron chi connectivity index (χ2n) is 4.94. The third-order valence-corrected chi connectivity index (χ3v) is 3.66. The number of fused-ring (bicyclic) bond motifs is 1. The molecule has 1 atom stereocenters. The molecule has 0 bridgehead atoms. The number of nitrogens with zero attached hydrogens (tertiary/aromatic N) is 2. The number of carbonyl (C=O) groups is 1. The summed E-state index contributed by atoms with van der Waals surface area (Å²) in [4.78, 5) is 15.8. The number of rotatable bonds is 3. The van der Waals surface area contributed by atoms with Gasteiger partial charge in [-0.25, -0.2) is 9.78 Å². The van der Waals surface area contributed by atoms with E-state index in [-0.39, 0.29) is 0 Å². The molecule has 0 saturated carbocycles. The Bertz CT molecular complexity index is 589. The van der Waals surface area contributed by atoms with Crippen LogP contribution >= 0.6 is 0 Å². The second-order valence-corrected chi connectivity index (χ2v) is 4.94. The minimum absolute atomic E-state index is 0.454. The Hall–Kier alpha value is -2.10. The molecule has 1 aromatic carbocycles. The van der Waals surface area contributed by atoms with Crippen LogP contribution in [-0.4, -0.2) is 20.6 Å². The summed E-state index contributed by atoms with van der Waals surface area (Å²) in [5.74, 6) is 0.0987. The van der Waals surface area contributed by atoms with Gasteiger partial charge in [0.05, 0.1) is 0 Å². The molecule has 0 fully saturated rings. The Balaban J connectivity index is 1.95. The molecule has 98 valence electrons. The van der Waals surface area contributed by atoms with Crippen molar-refractivity contribution in [1.82, 2.24) is 9.55 Å². The van der Waals surface area contributed by atoms with E-state index < -0.39 is 12.0 Å². The minimum Gasteiger partial charge on any atom is -0.480 e. The highest BCUT2D eigenvalue weighted by molar-refractivity contribution is 5.72. The van der Waals surface area contributed by atoms with Gasteiger partial charge in [0.15, 0.2) is 0 Å². The molecule has 1 unspecified atom stereocenters. The van der Waals surface area contributed by atoms with E-state index in [1.54, 1.807) is 0 Å². The molecule has 4 heteroatoms. The third-order valence-electron chi connectivity index (χ3n) is 3.66. The second kappa shape index (κ2) is 4.88. The van der Waals surface area contributed by atoms with E-state index in [4.69, 9.17) is 0 Å². The Morgan fingerprint density at radius 2 is 2.16 bits per heavy atom. The number of carboxylic acids is 1. The van der Waals surface area contributed by atoms with Crippen molar-refractivity contribution in [1.29, 1.82) is 0 Å². The summed E-state index contributed by atoms with van der Waals surface area (Å²) in [6.45, 7) is 0. The molecule has 4 nitrogen and oxygen atoms in total. The van der Waals surface area contributed by atoms with Gasteiger partial charge in [-0.2, -0.15) is 0 Å². The van der Waals surface area contributed by atoms with E-state index in [1.165, 1.54) is 0 Å². The van der Waals surface area contributed by atoms with Crippen molar-refractivity contribution in [3.8, 4) is 0 Å². The third kappa shape index (κ3) is 2.26. The first-order valence-electron chi connectivity index (χ1n) is 6.57. The lowest BCUT2D eigenvalue weighted by atomic mass is 10.0. The van der Waals surface area contributed by atoms with Gasteiger partial charge in [0.2, 0.25) is 0 Å². The predicted molar refractivity (Wildman–Crippen MR) is 71.1 cm³/mol. The monoisotopic (exact) mass is 256 g/mol. The van der Waals surface area contributed by atoms with Crippen LogP contribution in [0.15, 0.2) is 36.5 Å². The number of hydrogen-bond donors (Lipinski definition) is 1. The summed E-state index contributed by atoms with van der Waals surface area (Å²) in [5, 5.41) is 9.35. The number of imidazole rings is 1. The molecule has 1 aromatic heterocycles. The Kier molecular flexibility index (Phi) is 3.07. The molecule has 1 aliphatic rings. The van der Waals surface area contributed by atoms with E-state index >= 15 is 0 Å². The highest BCUT2D eigenvalue weighted by Gasteiger charge is 2.28. The van der Waals surface area contributed by atoms with Crippen LogP contribution in [0.2, 0.25) is 0 Å². The van der Waals surface area contributed by atoms with Gasteiger partial charge in [-0.3, -0.25) is 0 Å². The average Bonchev–Trinajstić information content (AvgIpc) is 2.83. The number of aliphatic carboxylic acids is 1. The summed E-state index contributed by atoms with van der Waals surface area (Å²) in [6, 6.07) is 9.59. The first-order chi connectivity index (χ1) is 9.25. The van der Waals surface area contributed by atoms with Crippen molar-refractivity contribution in [2.45, 2.75) is 31.7 Å². The lowest BCUT2D eigenvalue weighted by Crippen LogP contribution is -2.26. The lowest BCUT2D eigenvalue weighted by molar-refractivity contribution is -0.141. The molecule has 0 aliphatic carbocycles. The molecule has 2 aromatic rings. The molecule has 2 heterocycles. The van der Waals surface area contributed by atoms with Crippen molar-refractivity contribution in [2.24, 2.45) is 0 Å². The fourth-order valence-corrected chi connectivity index (χ4v) is 2.75. The molecular weight excluding hydrogens is 240 g/mol. The molecule has 3 rings (SSSR count). The van der Waals surface area contributed by atoms with Crippen LogP contribution in [-0.2, 0) is 17.6 Å². The number of benzene rings is 1. The van der Waals surface area contributed by atoms with Crippen LogP contribution in [0.1, 0.15) is 36.0 Å². The fraction of sp³-hybridized carbons (Fsp3) is 0.333. The van der Waals surface area contributed by atoms with Crippen molar-refractivity contribution < 1.29 is 9.90 Å². The topological polar surface area (TPSA) is 55.1 Å². The SMILES string of the molecule is O=C(O)C1CCCc2cnc(Cc3ccccc3)n21. The van der Waals surface area contributed by atoms with Crippen LogP contribution in [0.4, 0.5) is 0 Å². The van der Waals surface area contributed by atoms with Crippen molar-refractivity contribution in [3.63, 3.8) is 0 Å². The smallest absolute Gasteiger partial charge is 0.326 e. The molecule has 0 amide bonds. The molecule has 0 radical (unpaired) electrons. The minimum atomic E-state index is -0.756. The standard InChI is InChI=1S/C15H16N2O2/c18-15(19)13-8-4-7-12-10-16-14(17(12)13)9-11-5-2-1-3-6-11/h1-3,5-6,10,13H,4,7-9H2,(H,18,19). The van der Waals surface area contributed by atoms with Crippen molar-refractivity contribution in [3.05, 3.63) is 53.6 Å². The van der Waals surface area contributed by atoms with Crippen LogP contribution in [0.5, 0.6) is 0 Å². The zero-order chi connectivity index (χ0) is 13.2. The Morgan fingerprint density at radius 3 is 2.89 bits per heavy atom. The summed E-state index contributed by atoms with van der Waals surface area (Å²) in [7, 11) is 0. The summed E-state index contributed by atoms with van der Waals surface area (Å²) >= 11 is 0. The van der Waals surface area contributed by atoms with E-state index in [9.17, 15) is 9.90 Å². The Labute approximate surface area is 111 Å². The molecular formula is C15H16N2O2. The van der Waals surface area contributed by atoms with E-state index in [1.807, 2.05) is 41.1 Å². The zero-order valence-electron chi connectivity index (χ0n) is 10.6. The first kappa shape index (κ1) is 12.0. The van der Waals surface area contributed by atoms with Crippen LogP contribution in [0.25, 0.3) is 0 Å². The van der Waals surface area contributed by atoms with Crippen LogP contribution in [0, 0.1) is 0 Å². The van der Waals surface area contributed by atoms with Crippen LogP contribution < -0.4 is 0 Å². The predicted octanol–water partition coefficient (Wildman–Crippen LogP) is 2.44. The number of aryl methyl sites for hydroxylation is 1. The average molecular weight is 256 g/mol. The molecule has 1 aliphatic heterocycles. The molecule has 0 spiro atoms. The maximum atomic E-state index is 11.4. The fourth-order valence-electron chi connectivity index (χ4n) is 2.75. The quantitative estimate of drug-likeness (QED) is 0.917. The van der Waals surface area contributed by atoms with Gasteiger partial charge in [0.25, 0.3) is 0 Å². The largest absolute Gasteiger partial charge is 0.480 e. The maximum absolute atomic E-state index is 11.4. The highest BCUT2D eigenvalue weighted by Crippen LogP contribution is 2.27. The van der Waals surface area contributed by atoms with Gasteiger partial charge in [-0.05, 0) is 24.8 Å². The van der Waals surface area contributed by atoms with E-state index in [2.05, 4.69) is 4.98 Å². The van der Waals surface area contributed by atoms with Gasteiger partial charge in [0.1, 0.15) is 11.9 Å². The summed E-state index contributed by atoms with van der Waals surface area (Å²) < 4.78 is 1.92. The zero-order valence-corrected chi connectivity index (χ0v) is 10.6. The van der Waals surface area contributed by atoms with Crippen LogP contribution in [0.3, 0.4) is 0 Å².